The molecule has 3 heteroatoms. The van der Waals surface area contributed by atoms with Gasteiger partial charge in [-0.1, -0.05) is 20.8 Å². The molecule has 1 N–H and O–H groups in total. The Morgan fingerprint density at radius 1 is 1.57 bits per heavy atom. The van der Waals surface area contributed by atoms with Crippen LogP contribution in [-0.4, -0.2) is 28.2 Å². The number of nitrogens with zero attached hydrogens (tertiary/aromatic N) is 2. The van der Waals surface area contributed by atoms with Crippen LogP contribution in [0.3, 0.4) is 0 Å². The Labute approximate surface area is 87.0 Å². The average Bonchev–Trinajstić information content (AvgIpc) is 2.59. The number of H-pyrrole nitrogens is 1. The van der Waals surface area contributed by atoms with Gasteiger partial charge in [-0.05, 0) is 24.4 Å². The van der Waals surface area contributed by atoms with Crippen molar-refractivity contribution in [1.82, 2.24) is 15.1 Å². The van der Waals surface area contributed by atoms with Gasteiger partial charge in [0.25, 0.3) is 0 Å². The molecular weight excluding hydrogens is 174 g/mol. The first-order valence-electron chi connectivity index (χ1n) is 5.50. The van der Waals surface area contributed by atoms with E-state index in [9.17, 15) is 0 Å². The van der Waals surface area contributed by atoms with Crippen LogP contribution >= 0.6 is 0 Å². The summed E-state index contributed by atoms with van der Waals surface area (Å²) in [5.41, 5.74) is 4.09. The summed E-state index contributed by atoms with van der Waals surface area (Å²) < 4.78 is 0. The van der Waals surface area contributed by atoms with Gasteiger partial charge in [0, 0.05) is 14.5 Å². The van der Waals surface area contributed by atoms with Gasteiger partial charge >= 0.3 is 0 Å². The molecule has 1 aromatic rings. The lowest BCUT2D eigenvalue weighted by Crippen LogP contribution is -2.30. The summed E-state index contributed by atoms with van der Waals surface area (Å²) in [5.74, 6) is 0.545. The standard InChI is InChI=1S/C11H19N3.H2/c1-4-14-6-5-9-10(7-14)12-13-11(9)8(2)3;/h8H,4-7H2,1-3H3,(H,12,13);1H. The summed E-state index contributed by atoms with van der Waals surface area (Å²) >= 11 is 0. The quantitative estimate of drug-likeness (QED) is 0.784. The second kappa shape index (κ2) is 3.73. The van der Waals surface area contributed by atoms with Crippen LogP contribution in [0.2, 0.25) is 0 Å². The van der Waals surface area contributed by atoms with Crippen LogP contribution in [0.1, 0.15) is 45.1 Å². The molecule has 1 aromatic heterocycles. The lowest BCUT2D eigenvalue weighted by molar-refractivity contribution is 0.264. The minimum absolute atomic E-state index is 0. The smallest absolute Gasteiger partial charge is 0.0683 e. The lowest BCUT2D eigenvalue weighted by atomic mass is 9.98. The fourth-order valence-electron chi connectivity index (χ4n) is 2.15. The molecule has 3 nitrogen and oxygen atoms in total. The van der Waals surface area contributed by atoms with Crippen LogP contribution < -0.4 is 0 Å². The van der Waals surface area contributed by atoms with Crippen LogP contribution in [0.4, 0.5) is 0 Å². The molecule has 0 radical (unpaired) electrons. The lowest BCUT2D eigenvalue weighted by Gasteiger charge is -2.25. The number of fused-ring (bicyclic) bond motifs is 1. The molecule has 0 spiro atoms. The summed E-state index contributed by atoms with van der Waals surface area (Å²) in [7, 11) is 0. The SMILES string of the molecule is CCN1CCc2c(C(C)C)n[nH]c2C1.[HH]. The zero-order valence-electron chi connectivity index (χ0n) is 9.30. The van der Waals surface area contributed by atoms with Gasteiger partial charge in [-0.15, -0.1) is 0 Å². The van der Waals surface area contributed by atoms with Gasteiger partial charge in [0.15, 0.2) is 0 Å². The maximum Gasteiger partial charge on any atom is 0.0683 e. The molecule has 0 amide bonds. The van der Waals surface area contributed by atoms with Gasteiger partial charge in [0.2, 0.25) is 0 Å². The van der Waals surface area contributed by atoms with E-state index in [1.54, 1.807) is 0 Å². The molecule has 1 aliphatic heterocycles. The van der Waals surface area contributed by atoms with E-state index in [1.807, 2.05) is 0 Å². The van der Waals surface area contributed by atoms with Crippen LogP contribution in [0.5, 0.6) is 0 Å². The highest BCUT2D eigenvalue weighted by atomic mass is 15.2. The third-order valence-corrected chi connectivity index (χ3v) is 3.04. The molecule has 0 saturated carbocycles. The van der Waals surface area contributed by atoms with Gasteiger partial charge in [0.05, 0.1) is 11.4 Å². The number of aromatic amines is 1. The van der Waals surface area contributed by atoms with E-state index in [0.29, 0.717) is 5.92 Å². The fourth-order valence-corrected chi connectivity index (χ4v) is 2.15. The van der Waals surface area contributed by atoms with Crippen molar-refractivity contribution in [1.29, 1.82) is 0 Å². The summed E-state index contributed by atoms with van der Waals surface area (Å²) in [4.78, 5) is 2.45. The maximum atomic E-state index is 4.41. The number of likely N-dealkylation sites (N-methyl/N-ethyl adjacent to an activating group) is 1. The van der Waals surface area contributed by atoms with Crippen molar-refractivity contribution in [2.45, 2.75) is 39.7 Å². The summed E-state index contributed by atoms with van der Waals surface area (Å²) in [5, 5.41) is 7.59. The summed E-state index contributed by atoms with van der Waals surface area (Å²) in [6.07, 6.45) is 1.16. The van der Waals surface area contributed by atoms with Crippen molar-refractivity contribution in [2.75, 3.05) is 13.1 Å². The first-order valence-corrected chi connectivity index (χ1v) is 5.50. The topological polar surface area (TPSA) is 31.9 Å². The second-order valence-electron chi connectivity index (χ2n) is 4.34. The number of hydrogen-bond acceptors (Lipinski definition) is 2. The van der Waals surface area contributed by atoms with Gasteiger partial charge < -0.3 is 0 Å². The highest BCUT2D eigenvalue weighted by Gasteiger charge is 2.21. The molecule has 0 saturated heterocycles. The first kappa shape index (κ1) is 9.71. The Morgan fingerprint density at radius 2 is 2.36 bits per heavy atom. The normalized spacial score (nSPS) is 17.4. The molecule has 2 heterocycles. The largest absolute Gasteiger partial charge is 0.297 e. The third-order valence-electron chi connectivity index (χ3n) is 3.04. The fraction of sp³-hybridized carbons (Fsp3) is 0.727. The van der Waals surface area contributed by atoms with E-state index >= 15 is 0 Å². The molecule has 14 heavy (non-hydrogen) atoms. The summed E-state index contributed by atoms with van der Waals surface area (Å²) in [6, 6.07) is 0. The highest BCUT2D eigenvalue weighted by molar-refractivity contribution is 5.29. The van der Waals surface area contributed by atoms with E-state index in [0.717, 1.165) is 19.5 Å². The van der Waals surface area contributed by atoms with Crippen molar-refractivity contribution >= 4 is 0 Å². The molecular formula is C11H21N3. The van der Waals surface area contributed by atoms with E-state index in [1.165, 1.54) is 23.5 Å². The maximum absolute atomic E-state index is 4.41. The molecule has 0 bridgehead atoms. The van der Waals surface area contributed by atoms with Crippen LogP contribution in [0, 0.1) is 0 Å². The minimum atomic E-state index is 0. The molecule has 0 fully saturated rings. The molecule has 1 aliphatic rings. The Morgan fingerprint density at radius 3 is 3.00 bits per heavy atom. The number of aromatic nitrogens is 2. The van der Waals surface area contributed by atoms with E-state index in [-0.39, 0.29) is 1.43 Å². The Hall–Kier alpha value is -0.830. The Bertz CT molecular complexity index is 320. The van der Waals surface area contributed by atoms with Gasteiger partial charge in [-0.3, -0.25) is 10.00 Å². The number of hydrogen-bond donors (Lipinski definition) is 1. The van der Waals surface area contributed by atoms with Crippen molar-refractivity contribution in [3.8, 4) is 0 Å². The monoisotopic (exact) mass is 195 g/mol. The van der Waals surface area contributed by atoms with E-state index < -0.39 is 0 Å². The number of nitrogens with one attached hydrogen (secondary N) is 1. The summed E-state index contributed by atoms with van der Waals surface area (Å²) in [6.45, 7) is 10.00. The van der Waals surface area contributed by atoms with E-state index in [4.69, 9.17) is 0 Å². The van der Waals surface area contributed by atoms with Crippen molar-refractivity contribution < 1.29 is 1.43 Å². The Kier molecular flexibility index (Phi) is 2.59. The van der Waals surface area contributed by atoms with Crippen LogP contribution in [-0.2, 0) is 13.0 Å². The number of rotatable bonds is 2. The molecule has 0 unspecified atom stereocenters. The first-order chi connectivity index (χ1) is 6.72. The average molecular weight is 195 g/mol. The third kappa shape index (κ3) is 1.57. The van der Waals surface area contributed by atoms with E-state index in [2.05, 4.69) is 35.9 Å². The van der Waals surface area contributed by atoms with Gasteiger partial charge in [-0.25, -0.2) is 0 Å². The molecule has 2 rings (SSSR count). The minimum Gasteiger partial charge on any atom is -0.297 e. The molecule has 0 atom stereocenters. The van der Waals surface area contributed by atoms with Gasteiger partial charge in [0.1, 0.15) is 0 Å². The van der Waals surface area contributed by atoms with Crippen molar-refractivity contribution in [2.24, 2.45) is 0 Å². The molecule has 0 aliphatic carbocycles. The molecule has 80 valence electrons. The zero-order chi connectivity index (χ0) is 10.1. The van der Waals surface area contributed by atoms with Crippen LogP contribution in [0.15, 0.2) is 0 Å². The van der Waals surface area contributed by atoms with Crippen molar-refractivity contribution in [3.05, 3.63) is 17.0 Å². The second-order valence-corrected chi connectivity index (χ2v) is 4.34. The molecule has 0 aromatic carbocycles. The zero-order valence-corrected chi connectivity index (χ0v) is 9.30. The van der Waals surface area contributed by atoms with Crippen LogP contribution in [0.25, 0.3) is 0 Å². The Balaban J connectivity index is 0.00000112. The highest BCUT2D eigenvalue weighted by Crippen LogP contribution is 2.24. The van der Waals surface area contributed by atoms with Gasteiger partial charge in [-0.2, -0.15) is 5.10 Å². The predicted octanol–water partition coefficient (Wildman–Crippen LogP) is 2.16. The van der Waals surface area contributed by atoms with Crippen molar-refractivity contribution in [3.63, 3.8) is 0 Å². The predicted molar refractivity (Wildman–Crippen MR) is 59.4 cm³/mol.